The number of furan rings is 1. The van der Waals surface area contributed by atoms with E-state index in [0.717, 1.165) is 16.5 Å². The van der Waals surface area contributed by atoms with Crippen LogP contribution in [0.3, 0.4) is 0 Å². The number of hydrogen-bond acceptors (Lipinski definition) is 2. The lowest BCUT2D eigenvalue weighted by molar-refractivity contribution is -0.119. The van der Waals surface area contributed by atoms with Crippen molar-refractivity contribution in [1.82, 2.24) is 5.32 Å². The number of benzene rings is 1. The lowest BCUT2D eigenvalue weighted by Crippen LogP contribution is -2.38. The Morgan fingerprint density at radius 1 is 1.35 bits per heavy atom. The van der Waals surface area contributed by atoms with E-state index in [9.17, 15) is 4.79 Å². The number of carbonyl (C=O) groups excluding carboxylic acids is 1. The van der Waals surface area contributed by atoms with Crippen LogP contribution < -0.4 is 5.32 Å². The summed E-state index contributed by atoms with van der Waals surface area (Å²) in [6.45, 7) is 4.12. The normalized spacial score (nSPS) is 22.9. The van der Waals surface area contributed by atoms with Crippen LogP contribution in [0.2, 0.25) is 0 Å². The second-order valence-electron chi connectivity index (χ2n) is 5.21. The van der Waals surface area contributed by atoms with Crippen molar-refractivity contribution in [2.75, 3.05) is 0 Å². The minimum Gasteiger partial charge on any atom is -0.464 e. The summed E-state index contributed by atoms with van der Waals surface area (Å²) < 4.78 is 5.55. The van der Waals surface area contributed by atoms with E-state index in [2.05, 4.69) is 19.2 Å². The highest BCUT2D eigenvalue weighted by Crippen LogP contribution is 2.39. The van der Waals surface area contributed by atoms with Gasteiger partial charge in [-0.15, -0.1) is 0 Å². The molecule has 1 aliphatic rings. The fraction of sp³-hybridized carbons (Fsp3) is 0.357. The van der Waals surface area contributed by atoms with Gasteiger partial charge in [-0.2, -0.15) is 0 Å². The average Bonchev–Trinajstić information content (AvgIpc) is 2.78. The standard InChI is InChI=1S/C14H15NO2/c1-14(2)11(7-13(16)15-14)10-8-17-12-6-4-3-5-9(10)12/h3-6,8,11H,7H2,1-2H3,(H,15,16). The summed E-state index contributed by atoms with van der Waals surface area (Å²) in [5.41, 5.74) is 1.81. The second-order valence-corrected chi connectivity index (χ2v) is 5.21. The van der Waals surface area contributed by atoms with Gasteiger partial charge in [-0.05, 0) is 19.9 Å². The number of nitrogens with one attached hydrogen (secondary N) is 1. The Morgan fingerprint density at radius 3 is 2.82 bits per heavy atom. The summed E-state index contributed by atoms with van der Waals surface area (Å²) in [5.74, 6) is 0.295. The Hall–Kier alpha value is -1.77. The van der Waals surface area contributed by atoms with Crippen LogP contribution in [0.15, 0.2) is 34.9 Å². The highest BCUT2D eigenvalue weighted by atomic mass is 16.3. The van der Waals surface area contributed by atoms with E-state index in [1.54, 1.807) is 6.26 Å². The van der Waals surface area contributed by atoms with Crippen molar-refractivity contribution in [2.24, 2.45) is 0 Å². The third-order valence-corrected chi connectivity index (χ3v) is 3.61. The van der Waals surface area contributed by atoms with Crippen LogP contribution in [0.25, 0.3) is 11.0 Å². The quantitative estimate of drug-likeness (QED) is 0.817. The van der Waals surface area contributed by atoms with Crippen LogP contribution in [-0.2, 0) is 4.79 Å². The molecule has 1 saturated heterocycles. The van der Waals surface area contributed by atoms with Crippen LogP contribution in [0.5, 0.6) is 0 Å². The molecule has 3 rings (SSSR count). The van der Waals surface area contributed by atoms with E-state index in [1.165, 1.54) is 0 Å². The predicted molar refractivity (Wildman–Crippen MR) is 65.8 cm³/mol. The van der Waals surface area contributed by atoms with Gasteiger partial charge in [0.2, 0.25) is 5.91 Å². The van der Waals surface area contributed by atoms with E-state index in [4.69, 9.17) is 4.42 Å². The van der Waals surface area contributed by atoms with Gasteiger partial charge in [0.25, 0.3) is 0 Å². The minimum atomic E-state index is -0.205. The van der Waals surface area contributed by atoms with Gasteiger partial charge in [-0.3, -0.25) is 4.79 Å². The average molecular weight is 229 g/mol. The maximum atomic E-state index is 11.6. The van der Waals surface area contributed by atoms with Gasteiger partial charge in [0.1, 0.15) is 5.58 Å². The first-order chi connectivity index (χ1) is 8.08. The molecular formula is C14H15NO2. The van der Waals surface area contributed by atoms with Crippen LogP contribution in [0.1, 0.15) is 31.7 Å². The smallest absolute Gasteiger partial charge is 0.221 e. The van der Waals surface area contributed by atoms with E-state index < -0.39 is 0 Å². The molecule has 1 N–H and O–H groups in total. The number of para-hydroxylation sites is 1. The Bertz CT molecular complexity index is 583. The van der Waals surface area contributed by atoms with Gasteiger partial charge in [0.15, 0.2) is 0 Å². The van der Waals surface area contributed by atoms with Gasteiger partial charge < -0.3 is 9.73 Å². The van der Waals surface area contributed by atoms with Gasteiger partial charge >= 0.3 is 0 Å². The third-order valence-electron chi connectivity index (χ3n) is 3.61. The number of carbonyl (C=O) groups is 1. The molecule has 17 heavy (non-hydrogen) atoms. The molecule has 1 aromatic carbocycles. The molecule has 0 spiro atoms. The molecule has 0 radical (unpaired) electrons. The molecule has 3 heteroatoms. The fourth-order valence-electron chi connectivity index (χ4n) is 2.70. The SMILES string of the molecule is CC1(C)NC(=O)CC1c1coc2ccccc12. The van der Waals surface area contributed by atoms with Crippen LogP contribution in [0, 0.1) is 0 Å². The first-order valence-corrected chi connectivity index (χ1v) is 5.85. The van der Waals surface area contributed by atoms with Crippen molar-refractivity contribution in [3.63, 3.8) is 0 Å². The zero-order valence-electron chi connectivity index (χ0n) is 9.99. The molecule has 0 aliphatic carbocycles. The number of rotatable bonds is 1. The highest BCUT2D eigenvalue weighted by molar-refractivity contribution is 5.86. The van der Waals surface area contributed by atoms with Crippen molar-refractivity contribution in [3.8, 4) is 0 Å². The van der Waals surface area contributed by atoms with Gasteiger partial charge in [0.05, 0.1) is 6.26 Å². The van der Waals surface area contributed by atoms with Crippen molar-refractivity contribution in [3.05, 3.63) is 36.1 Å². The molecule has 88 valence electrons. The summed E-state index contributed by atoms with van der Waals surface area (Å²) in [6, 6.07) is 7.96. The molecule has 2 heterocycles. The molecule has 3 nitrogen and oxygen atoms in total. The molecular weight excluding hydrogens is 214 g/mol. The summed E-state index contributed by atoms with van der Waals surface area (Å²) >= 11 is 0. The third kappa shape index (κ3) is 1.54. The molecule has 1 fully saturated rings. The summed E-state index contributed by atoms with van der Waals surface area (Å²) in [5, 5.41) is 4.13. The number of hydrogen-bond donors (Lipinski definition) is 1. The summed E-state index contributed by atoms with van der Waals surface area (Å²) in [6.07, 6.45) is 2.33. The molecule has 2 aromatic rings. The summed E-state index contributed by atoms with van der Waals surface area (Å²) in [4.78, 5) is 11.6. The lowest BCUT2D eigenvalue weighted by Gasteiger charge is -2.25. The van der Waals surface area contributed by atoms with Gasteiger partial charge in [0, 0.05) is 28.8 Å². The fourth-order valence-corrected chi connectivity index (χ4v) is 2.70. The molecule has 0 bridgehead atoms. The van der Waals surface area contributed by atoms with E-state index >= 15 is 0 Å². The topological polar surface area (TPSA) is 42.2 Å². The molecule has 1 aromatic heterocycles. The summed E-state index contributed by atoms with van der Waals surface area (Å²) in [7, 11) is 0. The largest absolute Gasteiger partial charge is 0.464 e. The number of fused-ring (bicyclic) bond motifs is 1. The van der Waals surface area contributed by atoms with E-state index in [1.807, 2.05) is 24.3 Å². The van der Waals surface area contributed by atoms with Crippen molar-refractivity contribution in [1.29, 1.82) is 0 Å². The minimum absolute atomic E-state index is 0.116. The van der Waals surface area contributed by atoms with Crippen molar-refractivity contribution in [2.45, 2.75) is 31.7 Å². The maximum absolute atomic E-state index is 11.6. The molecule has 1 aliphatic heterocycles. The molecule has 1 amide bonds. The van der Waals surface area contributed by atoms with Crippen molar-refractivity contribution >= 4 is 16.9 Å². The Balaban J connectivity index is 2.13. The van der Waals surface area contributed by atoms with E-state index in [-0.39, 0.29) is 17.4 Å². The lowest BCUT2D eigenvalue weighted by atomic mass is 9.83. The predicted octanol–water partition coefficient (Wildman–Crippen LogP) is 2.81. The van der Waals surface area contributed by atoms with Crippen LogP contribution in [0.4, 0.5) is 0 Å². The Morgan fingerprint density at radius 2 is 2.12 bits per heavy atom. The Kier molecular flexibility index (Phi) is 2.05. The molecule has 1 atom stereocenters. The first kappa shape index (κ1) is 10.4. The molecule has 1 unspecified atom stereocenters. The van der Waals surface area contributed by atoms with Crippen LogP contribution in [-0.4, -0.2) is 11.4 Å². The van der Waals surface area contributed by atoms with Crippen molar-refractivity contribution < 1.29 is 9.21 Å². The monoisotopic (exact) mass is 229 g/mol. The zero-order chi connectivity index (χ0) is 12.0. The van der Waals surface area contributed by atoms with E-state index in [0.29, 0.717) is 6.42 Å². The van der Waals surface area contributed by atoms with Gasteiger partial charge in [-0.1, -0.05) is 18.2 Å². The second kappa shape index (κ2) is 3.36. The zero-order valence-corrected chi connectivity index (χ0v) is 9.99. The van der Waals surface area contributed by atoms with Gasteiger partial charge in [-0.25, -0.2) is 0 Å². The van der Waals surface area contributed by atoms with Crippen LogP contribution >= 0.6 is 0 Å². The first-order valence-electron chi connectivity index (χ1n) is 5.85. The Labute approximate surface area is 99.8 Å². The molecule has 0 saturated carbocycles. The number of amides is 1. The maximum Gasteiger partial charge on any atom is 0.221 e. The highest BCUT2D eigenvalue weighted by Gasteiger charge is 2.41.